The number of nitrogens with zero attached hydrogens (tertiary/aromatic N) is 2. The molecule has 4 rings (SSSR count). The number of piperidine rings is 1. The summed E-state index contributed by atoms with van der Waals surface area (Å²) in [4.78, 5) is 19.9. The van der Waals surface area contributed by atoms with Crippen LogP contribution in [-0.2, 0) is 0 Å². The number of oxazole rings is 1. The third-order valence-electron chi connectivity index (χ3n) is 5.12. The molecule has 2 unspecified atom stereocenters. The second-order valence-corrected chi connectivity index (χ2v) is 7.43. The number of rotatable bonds is 2. The largest absolute Gasteiger partial charge is 0.423 e. The molecule has 3 heterocycles. The molecule has 2 fully saturated rings. The van der Waals surface area contributed by atoms with Crippen molar-refractivity contribution in [2.75, 3.05) is 12.3 Å². The van der Waals surface area contributed by atoms with Gasteiger partial charge in [-0.3, -0.25) is 4.79 Å². The highest BCUT2D eigenvalue weighted by molar-refractivity contribution is 7.13. The summed E-state index contributed by atoms with van der Waals surface area (Å²) >= 11 is 1.50. The summed E-state index contributed by atoms with van der Waals surface area (Å²) in [6, 6.07) is 2.50. The van der Waals surface area contributed by atoms with Gasteiger partial charge in [-0.1, -0.05) is 12.8 Å². The number of carbonyl (C=O) groups is 1. The molecule has 1 saturated carbocycles. The normalized spacial score (nSPS) is 24.4. The zero-order chi connectivity index (χ0) is 15.8. The summed E-state index contributed by atoms with van der Waals surface area (Å²) in [5.74, 6) is 1.49. The van der Waals surface area contributed by atoms with E-state index in [4.69, 9.17) is 10.2 Å². The summed E-state index contributed by atoms with van der Waals surface area (Å²) < 4.78 is 5.35. The highest BCUT2D eigenvalue weighted by atomic mass is 32.1. The predicted octanol–water partition coefficient (Wildman–Crippen LogP) is 3.78. The molecule has 6 heteroatoms. The maximum Gasteiger partial charge on any atom is 0.292 e. The van der Waals surface area contributed by atoms with E-state index in [0.29, 0.717) is 17.7 Å². The van der Waals surface area contributed by atoms with Crippen molar-refractivity contribution < 1.29 is 9.21 Å². The van der Waals surface area contributed by atoms with E-state index >= 15 is 0 Å². The zero-order valence-corrected chi connectivity index (χ0v) is 13.8. The van der Waals surface area contributed by atoms with Gasteiger partial charge in [-0.25, -0.2) is 4.98 Å². The first-order valence-electron chi connectivity index (χ1n) is 8.33. The summed E-state index contributed by atoms with van der Waals surface area (Å²) in [6.45, 7) is 0.889. The summed E-state index contributed by atoms with van der Waals surface area (Å²) in [5.41, 5.74) is 6.28. The Kier molecular flexibility index (Phi) is 3.85. The van der Waals surface area contributed by atoms with Gasteiger partial charge in [0.1, 0.15) is 0 Å². The Morgan fingerprint density at radius 2 is 2.13 bits per heavy atom. The van der Waals surface area contributed by atoms with Crippen molar-refractivity contribution >= 4 is 23.3 Å². The van der Waals surface area contributed by atoms with Crippen LogP contribution in [0.1, 0.15) is 48.9 Å². The Hall–Kier alpha value is -1.82. The van der Waals surface area contributed by atoms with Crippen LogP contribution in [0.4, 0.5) is 6.01 Å². The number of anilines is 1. The second-order valence-electron chi connectivity index (χ2n) is 6.52. The topological polar surface area (TPSA) is 72.4 Å². The van der Waals surface area contributed by atoms with Gasteiger partial charge < -0.3 is 15.1 Å². The van der Waals surface area contributed by atoms with E-state index < -0.39 is 0 Å². The van der Waals surface area contributed by atoms with Gasteiger partial charge in [0, 0.05) is 18.0 Å². The van der Waals surface area contributed by atoms with Crippen molar-refractivity contribution in [2.45, 2.75) is 44.6 Å². The predicted molar refractivity (Wildman–Crippen MR) is 90.2 cm³/mol. The van der Waals surface area contributed by atoms with Crippen LogP contribution in [0.5, 0.6) is 0 Å². The van der Waals surface area contributed by atoms with Crippen LogP contribution in [0.15, 0.2) is 22.1 Å². The molecule has 2 aliphatic rings. The van der Waals surface area contributed by atoms with Gasteiger partial charge in [-0.2, -0.15) is 0 Å². The maximum absolute atomic E-state index is 13.0. The van der Waals surface area contributed by atoms with Crippen LogP contribution in [0.25, 0.3) is 10.6 Å². The molecule has 0 bridgehead atoms. The molecule has 1 aliphatic carbocycles. The molecule has 2 atom stereocenters. The molecule has 0 spiro atoms. The van der Waals surface area contributed by atoms with E-state index in [1.54, 1.807) is 6.20 Å². The first-order chi connectivity index (χ1) is 11.2. The number of fused-ring (bicyclic) bond motifs is 1. The lowest BCUT2D eigenvalue weighted by molar-refractivity contribution is 0.0391. The van der Waals surface area contributed by atoms with E-state index in [2.05, 4.69) is 9.88 Å². The number of hydrogen-bond donors (Lipinski definition) is 1. The first-order valence-corrected chi connectivity index (χ1v) is 9.21. The van der Waals surface area contributed by atoms with Crippen molar-refractivity contribution in [1.29, 1.82) is 0 Å². The Labute approximate surface area is 139 Å². The summed E-state index contributed by atoms with van der Waals surface area (Å²) in [7, 11) is 0. The van der Waals surface area contributed by atoms with Gasteiger partial charge >= 0.3 is 0 Å². The third kappa shape index (κ3) is 2.76. The van der Waals surface area contributed by atoms with Crippen LogP contribution >= 0.6 is 11.3 Å². The molecule has 1 aliphatic heterocycles. The first kappa shape index (κ1) is 14.8. The number of thiophene rings is 1. The molecule has 0 radical (unpaired) electrons. The van der Waals surface area contributed by atoms with E-state index in [9.17, 15) is 4.79 Å². The molecule has 122 valence electrons. The summed E-state index contributed by atoms with van der Waals surface area (Å²) in [6.07, 6.45) is 9.01. The minimum Gasteiger partial charge on any atom is -0.423 e. The number of carbonyl (C=O) groups excluding carboxylic acids is 1. The van der Waals surface area contributed by atoms with Crippen LogP contribution in [0.3, 0.4) is 0 Å². The minimum absolute atomic E-state index is 0.155. The van der Waals surface area contributed by atoms with Crippen molar-refractivity contribution in [3.63, 3.8) is 0 Å². The van der Waals surface area contributed by atoms with Crippen LogP contribution in [-0.4, -0.2) is 28.4 Å². The smallest absolute Gasteiger partial charge is 0.292 e. The molecule has 1 saturated heterocycles. The minimum atomic E-state index is 0.155. The molecular formula is C17H21N3O2S. The number of likely N-dealkylation sites (tertiary alicyclic amines) is 1. The van der Waals surface area contributed by atoms with E-state index in [-0.39, 0.29) is 11.9 Å². The molecule has 2 N–H and O–H groups in total. The fraction of sp³-hybridized carbons (Fsp3) is 0.529. The fourth-order valence-electron chi connectivity index (χ4n) is 4.02. The Bertz CT molecular complexity index is 706. The SMILES string of the molecule is Nc1ncc(-c2cc(C(=O)N3CCCC4CCCCC43)cs2)o1. The highest BCUT2D eigenvalue weighted by Gasteiger charge is 2.36. The average Bonchev–Trinajstić information content (AvgIpc) is 3.22. The number of nitrogen functional groups attached to an aromatic ring is 1. The lowest BCUT2D eigenvalue weighted by Crippen LogP contribution is -2.49. The summed E-state index contributed by atoms with van der Waals surface area (Å²) in [5, 5.41) is 1.92. The highest BCUT2D eigenvalue weighted by Crippen LogP contribution is 2.37. The van der Waals surface area contributed by atoms with Crippen LogP contribution in [0.2, 0.25) is 0 Å². The van der Waals surface area contributed by atoms with Crippen molar-refractivity contribution in [2.24, 2.45) is 5.92 Å². The number of hydrogen-bond acceptors (Lipinski definition) is 5. The molecule has 2 aromatic rings. The molecule has 5 nitrogen and oxygen atoms in total. The second kappa shape index (κ2) is 6.00. The van der Waals surface area contributed by atoms with E-state index in [1.165, 1.54) is 37.0 Å². The van der Waals surface area contributed by atoms with E-state index in [1.807, 2.05) is 11.4 Å². The third-order valence-corrected chi connectivity index (χ3v) is 6.06. The van der Waals surface area contributed by atoms with E-state index in [0.717, 1.165) is 29.8 Å². The number of amides is 1. The Morgan fingerprint density at radius 3 is 2.96 bits per heavy atom. The maximum atomic E-state index is 13.0. The fourth-order valence-corrected chi connectivity index (χ4v) is 4.85. The average molecular weight is 331 g/mol. The van der Waals surface area contributed by atoms with Gasteiger partial charge in [0.2, 0.25) is 0 Å². The number of nitrogens with two attached hydrogens (primary N) is 1. The van der Waals surface area contributed by atoms with Gasteiger partial charge in [-0.05, 0) is 37.7 Å². The van der Waals surface area contributed by atoms with Gasteiger partial charge in [0.05, 0.1) is 16.6 Å². The zero-order valence-electron chi connectivity index (χ0n) is 13.0. The molecule has 2 aromatic heterocycles. The number of aromatic nitrogens is 1. The lowest BCUT2D eigenvalue weighted by Gasteiger charge is -2.44. The monoisotopic (exact) mass is 331 g/mol. The molecule has 1 amide bonds. The van der Waals surface area contributed by atoms with Crippen LogP contribution < -0.4 is 5.73 Å². The molecular weight excluding hydrogens is 310 g/mol. The van der Waals surface area contributed by atoms with Crippen LogP contribution in [0, 0.1) is 5.92 Å². The molecule has 0 aromatic carbocycles. The standard InChI is InChI=1S/C17H21N3O2S/c18-17-19-9-14(22-17)15-8-12(10-23-15)16(21)20-7-3-5-11-4-1-2-6-13(11)20/h8-11,13H,1-7H2,(H2,18,19). The molecule has 23 heavy (non-hydrogen) atoms. The Morgan fingerprint density at radius 1 is 1.30 bits per heavy atom. The van der Waals surface area contributed by atoms with Crippen molar-refractivity contribution in [3.05, 3.63) is 23.2 Å². The quantitative estimate of drug-likeness (QED) is 0.909. The lowest BCUT2D eigenvalue weighted by atomic mass is 9.78. The van der Waals surface area contributed by atoms with Crippen molar-refractivity contribution in [1.82, 2.24) is 9.88 Å². The van der Waals surface area contributed by atoms with Crippen molar-refractivity contribution in [3.8, 4) is 10.6 Å². The Balaban J connectivity index is 1.55. The van der Waals surface area contributed by atoms with Gasteiger partial charge in [0.15, 0.2) is 5.76 Å². The van der Waals surface area contributed by atoms with Gasteiger partial charge in [-0.15, -0.1) is 11.3 Å². The van der Waals surface area contributed by atoms with Gasteiger partial charge in [0.25, 0.3) is 11.9 Å².